The predicted molar refractivity (Wildman–Crippen MR) is 79.8 cm³/mol. The highest BCUT2D eigenvalue weighted by atomic mass is 35.5. The first kappa shape index (κ1) is 16.1. The van der Waals surface area contributed by atoms with Gasteiger partial charge in [-0.05, 0) is 18.2 Å². The van der Waals surface area contributed by atoms with Crippen molar-refractivity contribution >= 4 is 17.6 Å². The molecule has 1 heterocycles. The van der Waals surface area contributed by atoms with E-state index < -0.39 is 0 Å². The van der Waals surface area contributed by atoms with E-state index in [2.05, 4.69) is 9.64 Å². The molecule has 1 atom stereocenters. The lowest BCUT2D eigenvalue weighted by Crippen LogP contribution is -2.44. The van der Waals surface area contributed by atoms with E-state index in [4.69, 9.17) is 21.1 Å². The zero-order valence-corrected chi connectivity index (χ0v) is 12.8. The summed E-state index contributed by atoms with van der Waals surface area (Å²) in [5, 5.41) is 0.664. The number of nitrogens with zero attached hydrogens (tertiary/aromatic N) is 1. The maximum Gasteiger partial charge on any atom is 0.308 e. The molecule has 5 nitrogen and oxygen atoms in total. The highest BCUT2D eigenvalue weighted by Gasteiger charge is 2.22. The van der Waals surface area contributed by atoms with E-state index in [1.54, 1.807) is 6.07 Å². The van der Waals surface area contributed by atoms with Crippen LogP contribution in [0.25, 0.3) is 0 Å². The molecule has 0 bridgehead atoms. The van der Waals surface area contributed by atoms with Gasteiger partial charge < -0.3 is 14.2 Å². The minimum Gasteiger partial charge on any atom is -0.492 e. The zero-order valence-electron chi connectivity index (χ0n) is 12.1. The number of halogens is 1. The van der Waals surface area contributed by atoms with Crippen molar-refractivity contribution in [1.29, 1.82) is 0 Å². The summed E-state index contributed by atoms with van der Waals surface area (Å²) in [6, 6.07) is 7.35. The third-order valence-electron chi connectivity index (χ3n) is 3.32. The van der Waals surface area contributed by atoms with Crippen molar-refractivity contribution in [2.24, 2.45) is 0 Å². The van der Waals surface area contributed by atoms with E-state index in [0.29, 0.717) is 31.2 Å². The molecule has 0 aliphatic carbocycles. The molecule has 0 spiro atoms. The van der Waals surface area contributed by atoms with E-state index in [-0.39, 0.29) is 12.1 Å². The molecule has 0 saturated carbocycles. The van der Waals surface area contributed by atoms with Crippen LogP contribution in [0.5, 0.6) is 5.75 Å². The quantitative estimate of drug-likeness (QED) is 0.752. The Morgan fingerprint density at radius 3 is 3.14 bits per heavy atom. The molecule has 1 aliphatic rings. The summed E-state index contributed by atoms with van der Waals surface area (Å²) in [4.78, 5) is 13.5. The number of methoxy groups -OCH3 is 1. The van der Waals surface area contributed by atoms with Gasteiger partial charge in [-0.2, -0.15) is 0 Å². The van der Waals surface area contributed by atoms with Crippen molar-refractivity contribution in [3.05, 3.63) is 29.3 Å². The monoisotopic (exact) mass is 313 g/mol. The minimum absolute atomic E-state index is 0.0997. The Balaban J connectivity index is 1.71. The molecule has 6 heteroatoms. The zero-order chi connectivity index (χ0) is 15.1. The average molecular weight is 314 g/mol. The lowest BCUT2D eigenvalue weighted by Gasteiger charge is -2.32. The van der Waals surface area contributed by atoms with Gasteiger partial charge in [-0.1, -0.05) is 17.7 Å². The third kappa shape index (κ3) is 5.53. The Bertz CT molecular complexity index is 469. The van der Waals surface area contributed by atoms with Crippen LogP contribution in [0.15, 0.2) is 24.3 Å². The Kier molecular flexibility index (Phi) is 6.29. The number of carbonyl (C=O) groups is 1. The van der Waals surface area contributed by atoms with Gasteiger partial charge in [0.2, 0.25) is 0 Å². The summed E-state index contributed by atoms with van der Waals surface area (Å²) < 4.78 is 15.9. The summed E-state index contributed by atoms with van der Waals surface area (Å²) >= 11 is 5.90. The summed E-state index contributed by atoms with van der Waals surface area (Å²) in [6.07, 6.45) is 0.194. The molecule has 116 valence electrons. The first-order valence-electron chi connectivity index (χ1n) is 6.96. The van der Waals surface area contributed by atoms with E-state index >= 15 is 0 Å². The van der Waals surface area contributed by atoms with Crippen LogP contribution < -0.4 is 4.74 Å². The van der Waals surface area contributed by atoms with E-state index in [0.717, 1.165) is 18.8 Å². The van der Waals surface area contributed by atoms with Crippen LogP contribution in [-0.4, -0.2) is 56.9 Å². The number of ether oxygens (including phenoxy) is 3. The fourth-order valence-corrected chi connectivity index (χ4v) is 2.41. The van der Waals surface area contributed by atoms with Gasteiger partial charge in [-0.25, -0.2) is 0 Å². The fraction of sp³-hybridized carbons (Fsp3) is 0.533. The van der Waals surface area contributed by atoms with Crippen molar-refractivity contribution in [3.8, 4) is 5.75 Å². The molecule has 1 unspecified atom stereocenters. The summed E-state index contributed by atoms with van der Waals surface area (Å²) in [5.41, 5.74) is 0. The molecular weight excluding hydrogens is 294 g/mol. The van der Waals surface area contributed by atoms with Crippen LogP contribution in [0.2, 0.25) is 5.02 Å². The largest absolute Gasteiger partial charge is 0.492 e. The minimum atomic E-state index is -0.239. The molecule has 0 radical (unpaired) electrons. The Hall–Kier alpha value is -1.30. The smallest absolute Gasteiger partial charge is 0.308 e. The molecule has 1 aromatic rings. The Morgan fingerprint density at radius 2 is 2.38 bits per heavy atom. The van der Waals surface area contributed by atoms with Gasteiger partial charge in [0, 0.05) is 24.7 Å². The van der Waals surface area contributed by atoms with Crippen LogP contribution >= 0.6 is 11.6 Å². The van der Waals surface area contributed by atoms with Gasteiger partial charge in [0.05, 0.1) is 26.2 Å². The molecule has 2 rings (SSSR count). The van der Waals surface area contributed by atoms with Crippen molar-refractivity contribution in [1.82, 2.24) is 4.90 Å². The van der Waals surface area contributed by atoms with Crippen molar-refractivity contribution in [2.75, 3.05) is 40.0 Å². The normalized spacial score (nSPS) is 19.2. The van der Waals surface area contributed by atoms with Gasteiger partial charge in [0.25, 0.3) is 0 Å². The molecule has 0 N–H and O–H groups in total. The maximum atomic E-state index is 11.3. The highest BCUT2D eigenvalue weighted by Crippen LogP contribution is 2.17. The number of carbonyl (C=O) groups excluding carboxylic acids is 1. The Labute approximate surface area is 129 Å². The van der Waals surface area contributed by atoms with Crippen LogP contribution in [0.3, 0.4) is 0 Å². The van der Waals surface area contributed by atoms with Gasteiger partial charge in [-0.15, -0.1) is 0 Å². The number of morpholine rings is 1. The molecule has 0 amide bonds. The topological polar surface area (TPSA) is 48.0 Å². The van der Waals surface area contributed by atoms with E-state index in [1.807, 2.05) is 18.2 Å². The molecule has 1 fully saturated rings. The number of esters is 1. The van der Waals surface area contributed by atoms with Gasteiger partial charge in [-0.3, -0.25) is 9.69 Å². The van der Waals surface area contributed by atoms with E-state index in [1.165, 1.54) is 7.11 Å². The van der Waals surface area contributed by atoms with Crippen molar-refractivity contribution < 1.29 is 19.0 Å². The standard InChI is InChI=1S/C15H20ClNO4/c1-19-15(18)10-14-11-17(6-8-21-14)5-7-20-13-4-2-3-12(16)9-13/h2-4,9,14H,5-8,10-11H2,1H3. The Morgan fingerprint density at radius 1 is 1.52 bits per heavy atom. The number of benzene rings is 1. The van der Waals surface area contributed by atoms with Gasteiger partial charge in [0.1, 0.15) is 12.4 Å². The van der Waals surface area contributed by atoms with Crippen LogP contribution in [0.4, 0.5) is 0 Å². The second-order valence-electron chi connectivity index (χ2n) is 4.88. The molecular formula is C15H20ClNO4. The first-order chi connectivity index (χ1) is 10.2. The second kappa shape index (κ2) is 8.22. The number of rotatable bonds is 6. The lowest BCUT2D eigenvalue weighted by molar-refractivity contribution is -0.145. The molecule has 0 aromatic heterocycles. The van der Waals surface area contributed by atoms with Gasteiger partial charge in [0.15, 0.2) is 0 Å². The molecule has 1 saturated heterocycles. The maximum absolute atomic E-state index is 11.3. The van der Waals surface area contributed by atoms with Crippen molar-refractivity contribution in [3.63, 3.8) is 0 Å². The lowest BCUT2D eigenvalue weighted by atomic mass is 10.2. The molecule has 1 aromatic carbocycles. The fourth-order valence-electron chi connectivity index (χ4n) is 2.23. The highest BCUT2D eigenvalue weighted by molar-refractivity contribution is 6.30. The van der Waals surface area contributed by atoms with Crippen molar-refractivity contribution in [2.45, 2.75) is 12.5 Å². The first-order valence-corrected chi connectivity index (χ1v) is 7.34. The van der Waals surface area contributed by atoms with Crippen LogP contribution in [0.1, 0.15) is 6.42 Å². The van der Waals surface area contributed by atoms with Crippen LogP contribution in [-0.2, 0) is 14.3 Å². The molecule has 21 heavy (non-hydrogen) atoms. The number of hydrogen-bond acceptors (Lipinski definition) is 5. The van der Waals surface area contributed by atoms with Crippen LogP contribution in [0, 0.1) is 0 Å². The van der Waals surface area contributed by atoms with E-state index in [9.17, 15) is 4.79 Å². The summed E-state index contributed by atoms with van der Waals surface area (Å²) in [5.74, 6) is 0.527. The SMILES string of the molecule is COC(=O)CC1CN(CCOc2cccc(Cl)c2)CCO1. The molecule has 1 aliphatic heterocycles. The third-order valence-corrected chi connectivity index (χ3v) is 3.55. The summed E-state index contributed by atoms with van der Waals surface area (Å²) in [7, 11) is 1.39. The average Bonchev–Trinajstić information content (AvgIpc) is 2.47. The van der Waals surface area contributed by atoms with Gasteiger partial charge >= 0.3 is 5.97 Å². The predicted octanol–water partition coefficient (Wildman–Crippen LogP) is 1.98. The number of hydrogen-bond donors (Lipinski definition) is 0. The second-order valence-corrected chi connectivity index (χ2v) is 5.32. The summed E-state index contributed by atoms with van der Waals surface area (Å²) in [6.45, 7) is 3.54.